The highest BCUT2D eigenvalue weighted by Gasteiger charge is 2.12. The van der Waals surface area contributed by atoms with Gasteiger partial charge in [0.05, 0.1) is 0 Å². The fourth-order valence-corrected chi connectivity index (χ4v) is 0.803. The maximum atomic E-state index is 5.10. The maximum Gasteiger partial charge on any atom is 0.101 e. The molecule has 0 spiro atoms. The molecule has 0 atom stereocenters. The first-order valence-corrected chi connectivity index (χ1v) is 2.90. The van der Waals surface area contributed by atoms with Crippen molar-refractivity contribution in [3.8, 4) is 0 Å². The van der Waals surface area contributed by atoms with Crippen molar-refractivity contribution in [2.24, 2.45) is 0 Å². The van der Waals surface area contributed by atoms with Gasteiger partial charge in [0.15, 0.2) is 0 Å². The quantitative estimate of drug-likeness (QED) is 0.507. The van der Waals surface area contributed by atoms with Crippen LogP contribution in [0.1, 0.15) is 12.8 Å². The summed E-state index contributed by atoms with van der Waals surface area (Å²) in [6, 6.07) is 0. The summed E-state index contributed by atoms with van der Waals surface area (Å²) in [5, 5.41) is 0. The van der Waals surface area contributed by atoms with Gasteiger partial charge in [0.1, 0.15) is 6.10 Å². The van der Waals surface area contributed by atoms with Crippen LogP contribution < -0.4 is 0 Å². The summed E-state index contributed by atoms with van der Waals surface area (Å²) in [5.41, 5.74) is 0. The van der Waals surface area contributed by atoms with Crippen LogP contribution in [-0.2, 0) is 9.47 Å². The molecular weight excluding hydrogens is 104 g/mol. The van der Waals surface area contributed by atoms with Gasteiger partial charge in [-0.05, 0) is 0 Å². The van der Waals surface area contributed by atoms with Gasteiger partial charge < -0.3 is 9.47 Å². The third-order valence-corrected chi connectivity index (χ3v) is 1.34. The Kier molecular flexibility index (Phi) is 2.30. The van der Waals surface area contributed by atoms with Crippen LogP contribution in [-0.4, -0.2) is 20.3 Å². The highest BCUT2D eigenvalue weighted by atomic mass is 16.5. The molecular formula is C6H11O2. The maximum absolute atomic E-state index is 5.10. The Balaban J connectivity index is 2.13. The lowest BCUT2D eigenvalue weighted by molar-refractivity contribution is 0.0475. The standard InChI is InChI=1S/C6H11O2/c1-7-6-2-4-8-5-3-6/h2-5H2,1H3. The zero-order valence-corrected chi connectivity index (χ0v) is 5.14. The van der Waals surface area contributed by atoms with Crippen LogP contribution in [0.4, 0.5) is 0 Å². The number of hydrogen-bond donors (Lipinski definition) is 0. The first kappa shape index (κ1) is 6.05. The van der Waals surface area contributed by atoms with Crippen molar-refractivity contribution in [2.45, 2.75) is 12.8 Å². The van der Waals surface area contributed by atoms with Crippen LogP contribution in [0.3, 0.4) is 0 Å². The van der Waals surface area contributed by atoms with Gasteiger partial charge in [-0.3, -0.25) is 0 Å². The number of rotatable bonds is 1. The molecule has 0 aromatic carbocycles. The second-order valence-electron chi connectivity index (χ2n) is 1.86. The average molecular weight is 115 g/mol. The van der Waals surface area contributed by atoms with E-state index in [1.54, 1.807) is 7.11 Å². The molecule has 1 rings (SSSR count). The molecule has 0 amide bonds. The topological polar surface area (TPSA) is 18.5 Å². The summed E-state index contributed by atoms with van der Waals surface area (Å²) < 4.78 is 10.1. The Hall–Kier alpha value is -0.0800. The van der Waals surface area contributed by atoms with Gasteiger partial charge in [-0.15, -0.1) is 0 Å². The van der Waals surface area contributed by atoms with E-state index in [0.717, 1.165) is 26.1 Å². The number of hydrogen-bond acceptors (Lipinski definition) is 2. The molecule has 1 radical (unpaired) electrons. The van der Waals surface area contributed by atoms with E-state index in [1.165, 1.54) is 6.10 Å². The summed E-state index contributed by atoms with van der Waals surface area (Å²) in [4.78, 5) is 0. The summed E-state index contributed by atoms with van der Waals surface area (Å²) >= 11 is 0. The first-order valence-electron chi connectivity index (χ1n) is 2.90. The predicted octanol–water partition coefficient (Wildman–Crippen LogP) is 0.975. The monoisotopic (exact) mass is 115 g/mol. The lowest BCUT2D eigenvalue weighted by atomic mass is 10.2. The van der Waals surface area contributed by atoms with Crippen molar-refractivity contribution in [3.63, 3.8) is 0 Å². The number of methoxy groups -OCH3 is 1. The molecule has 1 aliphatic heterocycles. The average Bonchev–Trinajstić information content (AvgIpc) is 1.90. The van der Waals surface area contributed by atoms with Crippen LogP contribution in [0.2, 0.25) is 0 Å². The summed E-state index contributed by atoms with van der Waals surface area (Å²) in [7, 11) is 1.72. The Morgan fingerprint density at radius 1 is 1.38 bits per heavy atom. The fourth-order valence-electron chi connectivity index (χ4n) is 0.803. The summed E-state index contributed by atoms with van der Waals surface area (Å²) in [6.07, 6.45) is 3.14. The fraction of sp³-hybridized carbons (Fsp3) is 0.833. The predicted molar refractivity (Wildman–Crippen MR) is 30.3 cm³/mol. The van der Waals surface area contributed by atoms with Gasteiger partial charge in [-0.2, -0.15) is 0 Å². The van der Waals surface area contributed by atoms with E-state index in [4.69, 9.17) is 9.47 Å². The molecule has 0 aromatic rings. The normalized spacial score (nSPS) is 23.6. The van der Waals surface area contributed by atoms with Crippen molar-refractivity contribution in [1.29, 1.82) is 0 Å². The molecule has 0 unspecified atom stereocenters. The van der Waals surface area contributed by atoms with Gasteiger partial charge in [0, 0.05) is 33.2 Å². The molecule has 0 saturated carbocycles. The molecule has 1 fully saturated rings. The van der Waals surface area contributed by atoms with E-state index in [9.17, 15) is 0 Å². The van der Waals surface area contributed by atoms with Crippen molar-refractivity contribution in [2.75, 3.05) is 20.3 Å². The van der Waals surface area contributed by atoms with Crippen LogP contribution in [0.25, 0.3) is 0 Å². The van der Waals surface area contributed by atoms with Gasteiger partial charge in [-0.25, -0.2) is 0 Å². The van der Waals surface area contributed by atoms with Crippen molar-refractivity contribution >= 4 is 0 Å². The largest absolute Gasteiger partial charge is 0.381 e. The molecule has 47 valence electrons. The Morgan fingerprint density at radius 2 is 2.00 bits per heavy atom. The second kappa shape index (κ2) is 3.05. The molecule has 2 nitrogen and oxygen atoms in total. The molecule has 1 aliphatic rings. The van der Waals surface area contributed by atoms with E-state index in [0.29, 0.717) is 0 Å². The van der Waals surface area contributed by atoms with Gasteiger partial charge >= 0.3 is 0 Å². The first-order chi connectivity index (χ1) is 3.93. The van der Waals surface area contributed by atoms with Crippen LogP contribution >= 0.6 is 0 Å². The molecule has 1 saturated heterocycles. The molecule has 0 bridgehead atoms. The minimum atomic E-state index is 0.836. The van der Waals surface area contributed by atoms with E-state index < -0.39 is 0 Å². The minimum Gasteiger partial charge on any atom is -0.381 e. The summed E-state index contributed by atoms with van der Waals surface area (Å²) in [6.45, 7) is 1.67. The lowest BCUT2D eigenvalue weighted by Gasteiger charge is -2.18. The van der Waals surface area contributed by atoms with Gasteiger partial charge in [0.2, 0.25) is 0 Å². The molecule has 2 heteroatoms. The van der Waals surface area contributed by atoms with Crippen LogP contribution in [0.5, 0.6) is 0 Å². The van der Waals surface area contributed by atoms with Crippen LogP contribution in [0, 0.1) is 6.10 Å². The van der Waals surface area contributed by atoms with Crippen molar-refractivity contribution < 1.29 is 9.47 Å². The lowest BCUT2D eigenvalue weighted by Crippen LogP contribution is -2.14. The molecule has 8 heavy (non-hydrogen) atoms. The molecule has 0 aromatic heterocycles. The molecule has 0 N–H and O–H groups in total. The highest BCUT2D eigenvalue weighted by molar-refractivity contribution is 4.79. The van der Waals surface area contributed by atoms with Crippen molar-refractivity contribution in [1.82, 2.24) is 0 Å². The van der Waals surface area contributed by atoms with Gasteiger partial charge in [-0.1, -0.05) is 0 Å². The molecule has 1 heterocycles. The third kappa shape index (κ3) is 1.46. The summed E-state index contributed by atoms with van der Waals surface area (Å²) in [5.74, 6) is 0. The molecule has 0 aliphatic carbocycles. The smallest absolute Gasteiger partial charge is 0.101 e. The van der Waals surface area contributed by atoms with E-state index in [1.807, 2.05) is 0 Å². The number of ether oxygens (including phenoxy) is 2. The SMILES string of the molecule is CO[C]1CCOCC1. The van der Waals surface area contributed by atoms with E-state index in [-0.39, 0.29) is 0 Å². The van der Waals surface area contributed by atoms with Gasteiger partial charge in [0.25, 0.3) is 0 Å². The zero-order valence-electron chi connectivity index (χ0n) is 5.14. The zero-order chi connectivity index (χ0) is 5.82. The van der Waals surface area contributed by atoms with Crippen LogP contribution in [0.15, 0.2) is 0 Å². The van der Waals surface area contributed by atoms with E-state index >= 15 is 0 Å². The second-order valence-corrected chi connectivity index (χ2v) is 1.86. The third-order valence-electron chi connectivity index (χ3n) is 1.34. The van der Waals surface area contributed by atoms with E-state index in [2.05, 4.69) is 0 Å². The highest BCUT2D eigenvalue weighted by Crippen LogP contribution is 2.16. The minimum absolute atomic E-state index is 0.836. The Bertz CT molecular complexity index is 57.5. The Labute approximate surface area is 49.8 Å². The Morgan fingerprint density at radius 3 is 2.38 bits per heavy atom. The van der Waals surface area contributed by atoms with Crippen molar-refractivity contribution in [3.05, 3.63) is 6.10 Å².